The first-order chi connectivity index (χ1) is 6.59. The number of hydrogen-bond acceptors (Lipinski definition) is 3. The van der Waals surface area contributed by atoms with E-state index < -0.39 is 5.97 Å². The van der Waals surface area contributed by atoms with Gasteiger partial charge in [-0.2, -0.15) is 0 Å². The summed E-state index contributed by atoms with van der Waals surface area (Å²) in [6.45, 7) is 2.11. The van der Waals surface area contributed by atoms with Gasteiger partial charge in [-0.15, -0.1) is 0 Å². The monoisotopic (exact) mass is 200 g/mol. The van der Waals surface area contributed by atoms with Gasteiger partial charge in [-0.05, 0) is 13.5 Å². The van der Waals surface area contributed by atoms with Crippen molar-refractivity contribution in [1.82, 2.24) is 9.80 Å². The number of amides is 1. The van der Waals surface area contributed by atoms with E-state index in [4.69, 9.17) is 5.11 Å². The molecule has 0 radical (unpaired) electrons. The third kappa shape index (κ3) is 3.33. The van der Waals surface area contributed by atoms with Gasteiger partial charge >= 0.3 is 5.97 Å². The lowest BCUT2D eigenvalue weighted by atomic mass is 10.4. The first-order valence-corrected chi connectivity index (χ1v) is 4.77. The maximum atomic E-state index is 11.2. The van der Waals surface area contributed by atoms with Gasteiger partial charge in [-0.3, -0.25) is 14.5 Å². The minimum atomic E-state index is -0.833. The highest BCUT2D eigenvalue weighted by Crippen LogP contribution is 2.08. The van der Waals surface area contributed by atoms with Crippen LogP contribution in [-0.2, 0) is 9.59 Å². The highest BCUT2D eigenvalue weighted by atomic mass is 16.4. The molecule has 0 aromatic carbocycles. The Kier molecular flexibility index (Phi) is 3.88. The van der Waals surface area contributed by atoms with Crippen LogP contribution in [0.4, 0.5) is 0 Å². The zero-order valence-corrected chi connectivity index (χ0v) is 8.40. The highest BCUT2D eigenvalue weighted by Gasteiger charge is 2.19. The molecule has 0 spiro atoms. The number of aliphatic carboxylic acids is 1. The Morgan fingerprint density at radius 1 is 1.64 bits per heavy atom. The molecule has 1 N–H and O–H groups in total. The fourth-order valence-corrected chi connectivity index (χ4v) is 1.54. The van der Waals surface area contributed by atoms with Crippen molar-refractivity contribution in [3.05, 3.63) is 0 Å². The van der Waals surface area contributed by atoms with Crippen LogP contribution in [-0.4, -0.2) is 60.0 Å². The molecule has 0 aromatic rings. The van der Waals surface area contributed by atoms with Crippen molar-refractivity contribution < 1.29 is 14.7 Å². The summed E-state index contributed by atoms with van der Waals surface area (Å²) in [5, 5.41) is 8.51. The van der Waals surface area contributed by atoms with E-state index in [1.807, 2.05) is 0 Å². The van der Waals surface area contributed by atoms with Crippen molar-refractivity contribution in [2.75, 3.05) is 33.2 Å². The van der Waals surface area contributed by atoms with E-state index in [0.717, 1.165) is 13.0 Å². The molecule has 0 aromatic heterocycles. The molecular weight excluding hydrogens is 184 g/mol. The Labute approximate surface area is 83.3 Å². The van der Waals surface area contributed by atoms with E-state index in [1.165, 1.54) is 0 Å². The Bertz CT molecular complexity index is 230. The molecule has 1 aliphatic heterocycles. The minimum absolute atomic E-state index is 0.0298. The van der Waals surface area contributed by atoms with Gasteiger partial charge in [0.2, 0.25) is 5.91 Å². The lowest BCUT2D eigenvalue weighted by Crippen LogP contribution is -2.36. The molecular formula is C9H16N2O3. The third-order valence-electron chi connectivity index (χ3n) is 2.33. The fourth-order valence-electron chi connectivity index (χ4n) is 1.54. The van der Waals surface area contributed by atoms with Gasteiger partial charge in [0.1, 0.15) is 0 Å². The van der Waals surface area contributed by atoms with Gasteiger partial charge in [-0.25, -0.2) is 0 Å². The first kappa shape index (κ1) is 11.0. The van der Waals surface area contributed by atoms with Gasteiger partial charge in [0.25, 0.3) is 0 Å². The Balaban J connectivity index is 2.19. The number of likely N-dealkylation sites (N-methyl/N-ethyl adjacent to an activating group) is 1. The largest absolute Gasteiger partial charge is 0.480 e. The molecule has 80 valence electrons. The van der Waals surface area contributed by atoms with Gasteiger partial charge in [0, 0.05) is 26.1 Å². The van der Waals surface area contributed by atoms with E-state index in [0.29, 0.717) is 19.5 Å². The lowest BCUT2D eigenvalue weighted by Gasteiger charge is -2.20. The minimum Gasteiger partial charge on any atom is -0.480 e. The van der Waals surface area contributed by atoms with Crippen LogP contribution in [0.5, 0.6) is 0 Å². The van der Waals surface area contributed by atoms with Crippen LogP contribution in [0.2, 0.25) is 0 Å². The number of carboxylic acid groups (broad SMARTS) is 1. The molecule has 1 aliphatic rings. The summed E-state index contributed by atoms with van der Waals surface area (Å²) < 4.78 is 0. The Morgan fingerprint density at radius 2 is 2.36 bits per heavy atom. The molecule has 1 saturated heterocycles. The molecule has 1 rings (SSSR count). The molecule has 1 fully saturated rings. The average Bonchev–Trinajstić information content (AvgIpc) is 2.46. The van der Waals surface area contributed by atoms with Crippen LogP contribution in [0.1, 0.15) is 12.8 Å². The number of carboxylic acids is 1. The Morgan fingerprint density at radius 3 is 2.86 bits per heavy atom. The van der Waals surface area contributed by atoms with Crippen LogP contribution >= 0.6 is 0 Å². The van der Waals surface area contributed by atoms with Crippen LogP contribution in [0.3, 0.4) is 0 Å². The van der Waals surface area contributed by atoms with Crippen molar-refractivity contribution in [2.45, 2.75) is 12.8 Å². The van der Waals surface area contributed by atoms with Crippen molar-refractivity contribution in [3.63, 3.8) is 0 Å². The van der Waals surface area contributed by atoms with Gasteiger partial charge < -0.3 is 10.0 Å². The first-order valence-electron chi connectivity index (χ1n) is 4.77. The summed E-state index contributed by atoms with van der Waals surface area (Å²) in [5.41, 5.74) is 0. The molecule has 5 heteroatoms. The van der Waals surface area contributed by atoms with Crippen molar-refractivity contribution in [1.29, 1.82) is 0 Å². The molecule has 0 saturated carbocycles. The molecule has 0 atom stereocenters. The second kappa shape index (κ2) is 4.95. The van der Waals surface area contributed by atoms with Gasteiger partial charge in [0.15, 0.2) is 0 Å². The van der Waals surface area contributed by atoms with Gasteiger partial charge in [-0.1, -0.05) is 0 Å². The van der Waals surface area contributed by atoms with E-state index in [9.17, 15) is 9.59 Å². The van der Waals surface area contributed by atoms with Crippen molar-refractivity contribution in [3.8, 4) is 0 Å². The van der Waals surface area contributed by atoms with E-state index >= 15 is 0 Å². The second-order valence-corrected chi connectivity index (χ2v) is 3.62. The molecule has 1 amide bonds. The number of hydrogen-bond donors (Lipinski definition) is 1. The Hall–Kier alpha value is -1.10. The topological polar surface area (TPSA) is 60.9 Å². The van der Waals surface area contributed by atoms with Crippen molar-refractivity contribution in [2.24, 2.45) is 0 Å². The summed E-state index contributed by atoms with van der Waals surface area (Å²) in [6, 6.07) is 0. The van der Waals surface area contributed by atoms with Crippen LogP contribution in [0.15, 0.2) is 0 Å². The molecule has 0 bridgehead atoms. The number of likely N-dealkylation sites (tertiary alicyclic amines) is 1. The second-order valence-electron chi connectivity index (χ2n) is 3.62. The average molecular weight is 200 g/mol. The fraction of sp³-hybridized carbons (Fsp3) is 0.778. The molecule has 0 unspecified atom stereocenters. The van der Waals surface area contributed by atoms with Crippen LogP contribution in [0.25, 0.3) is 0 Å². The summed E-state index contributed by atoms with van der Waals surface area (Å²) >= 11 is 0. The normalized spacial score (nSPS) is 16.7. The van der Waals surface area contributed by atoms with Crippen LogP contribution in [0, 0.1) is 0 Å². The number of nitrogens with zero attached hydrogens (tertiary/aromatic N) is 2. The zero-order valence-electron chi connectivity index (χ0n) is 8.40. The molecule has 1 heterocycles. The number of carbonyl (C=O) groups is 2. The van der Waals surface area contributed by atoms with E-state index in [-0.39, 0.29) is 12.5 Å². The SMILES string of the molecule is CN(CCN1CCCC1=O)CC(=O)O. The maximum Gasteiger partial charge on any atom is 0.317 e. The summed E-state index contributed by atoms with van der Waals surface area (Å²) in [4.78, 5) is 25.0. The maximum absolute atomic E-state index is 11.2. The predicted octanol–water partition coefficient (Wildman–Crippen LogP) is -0.375. The molecule has 14 heavy (non-hydrogen) atoms. The van der Waals surface area contributed by atoms with Crippen molar-refractivity contribution >= 4 is 11.9 Å². The number of carbonyl (C=O) groups excluding carboxylic acids is 1. The lowest BCUT2D eigenvalue weighted by molar-refractivity contribution is -0.138. The molecule has 0 aliphatic carbocycles. The quantitative estimate of drug-likeness (QED) is 0.657. The van der Waals surface area contributed by atoms with Crippen LogP contribution < -0.4 is 0 Å². The summed E-state index contributed by atoms with van der Waals surface area (Å²) in [6.07, 6.45) is 1.57. The highest BCUT2D eigenvalue weighted by molar-refractivity contribution is 5.78. The summed E-state index contributed by atoms with van der Waals surface area (Å²) in [5.74, 6) is -0.644. The predicted molar refractivity (Wildman–Crippen MR) is 50.9 cm³/mol. The van der Waals surface area contributed by atoms with E-state index in [1.54, 1.807) is 16.8 Å². The zero-order chi connectivity index (χ0) is 10.6. The third-order valence-corrected chi connectivity index (χ3v) is 2.33. The van der Waals surface area contributed by atoms with Gasteiger partial charge in [0.05, 0.1) is 6.54 Å². The smallest absolute Gasteiger partial charge is 0.317 e. The summed E-state index contributed by atoms with van der Waals surface area (Å²) in [7, 11) is 1.74. The molecule has 5 nitrogen and oxygen atoms in total. The number of rotatable bonds is 5. The standard InChI is InChI=1S/C9H16N2O3/c1-10(7-9(13)14)5-6-11-4-2-3-8(11)12/h2-7H2,1H3,(H,13,14). The van der Waals surface area contributed by atoms with E-state index in [2.05, 4.69) is 0 Å².